The first-order chi connectivity index (χ1) is 10.8. The van der Waals surface area contributed by atoms with E-state index in [-0.39, 0.29) is 12.4 Å². The number of pyridine rings is 1. The molecule has 1 N–H and O–H groups in total. The van der Waals surface area contributed by atoms with Gasteiger partial charge in [-0.25, -0.2) is 0 Å². The van der Waals surface area contributed by atoms with Crippen molar-refractivity contribution in [3.8, 4) is 0 Å². The van der Waals surface area contributed by atoms with E-state index in [9.17, 15) is 0 Å². The summed E-state index contributed by atoms with van der Waals surface area (Å²) in [4.78, 5) is 8.31. The van der Waals surface area contributed by atoms with Crippen LogP contribution in [0, 0.1) is 0 Å². The molecule has 1 atom stereocenters. The summed E-state index contributed by atoms with van der Waals surface area (Å²) in [6.45, 7) is 4.03. The van der Waals surface area contributed by atoms with Gasteiger partial charge in [0.15, 0.2) is 0 Å². The number of nitrogens with zero attached hydrogens (tertiary/aromatic N) is 2. The monoisotopic (exact) mass is 371 g/mol. The van der Waals surface area contributed by atoms with Gasteiger partial charge in [0, 0.05) is 30.2 Å². The second-order valence-corrected chi connectivity index (χ2v) is 7.16. The van der Waals surface area contributed by atoms with Crippen LogP contribution in [-0.2, 0) is 13.1 Å². The Hall–Kier alpha value is -0.650. The average molecular weight is 372 g/mol. The van der Waals surface area contributed by atoms with Gasteiger partial charge in [-0.3, -0.25) is 9.88 Å². The van der Waals surface area contributed by atoms with E-state index in [2.05, 4.69) is 32.7 Å². The first-order valence-electron chi connectivity index (χ1n) is 7.89. The van der Waals surface area contributed by atoms with Crippen LogP contribution in [0.1, 0.15) is 29.8 Å². The Balaban J connectivity index is 0.00000192. The van der Waals surface area contributed by atoms with Gasteiger partial charge in [-0.05, 0) is 55.9 Å². The molecule has 126 valence electrons. The Morgan fingerprint density at radius 3 is 2.87 bits per heavy atom. The Morgan fingerprint density at radius 2 is 2.13 bits per heavy atom. The molecular formula is C17H23Cl2N3S. The van der Waals surface area contributed by atoms with Gasteiger partial charge in [-0.15, -0.1) is 23.7 Å². The van der Waals surface area contributed by atoms with Crippen LogP contribution in [0.3, 0.4) is 0 Å². The SMILES string of the molecule is Cl.Clc1ccsc1CN(Cc1ccccn1)C1CCCNCC1. The van der Waals surface area contributed by atoms with Crippen LogP contribution in [-0.4, -0.2) is 29.0 Å². The molecule has 0 radical (unpaired) electrons. The zero-order valence-corrected chi connectivity index (χ0v) is 15.5. The van der Waals surface area contributed by atoms with Crippen LogP contribution in [0.5, 0.6) is 0 Å². The number of rotatable bonds is 5. The van der Waals surface area contributed by atoms with Crippen LogP contribution in [0.4, 0.5) is 0 Å². The van der Waals surface area contributed by atoms with E-state index in [0.717, 1.165) is 36.9 Å². The van der Waals surface area contributed by atoms with E-state index in [1.165, 1.54) is 24.1 Å². The highest BCUT2D eigenvalue weighted by atomic mass is 35.5. The van der Waals surface area contributed by atoms with E-state index >= 15 is 0 Å². The lowest BCUT2D eigenvalue weighted by atomic mass is 10.1. The first-order valence-corrected chi connectivity index (χ1v) is 9.15. The molecule has 0 spiro atoms. The third kappa shape index (κ3) is 5.44. The normalized spacial score (nSPS) is 18.4. The lowest BCUT2D eigenvalue weighted by Crippen LogP contribution is -2.35. The molecule has 3 nitrogen and oxygen atoms in total. The van der Waals surface area contributed by atoms with Gasteiger partial charge in [0.2, 0.25) is 0 Å². The first kappa shape index (κ1) is 18.7. The summed E-state index contributed by atoms with van der Waals surface area (Å²) >= 11 is 8.06. The van der Waals surface area contributed by atoms with Crippen molar-refractivity contribution in [3.05, 3.63) is 51.4 Å². The summed E-state index contributed by atoms with van der Waals surface area (Å²) in [6, 6.07) is 8.73. The third-order valence-corrected chi connectivity index (χ3v) is 5.56. The number of nitrogens with one attached hydrogen (secondary N) is 1. The second-order valence-electron chi connectivity index (χ2n) is 5.75. The summed E-state index contributed by atoms with van der Waals surface area (Å²) in [5, 5.41) is 6.47. The topological polar surface area (TPSA) is 28.2 Å². The Morgan fingerprint density at radius 1 is 1.22 bits per heavy atom. The van der Waals surface area contributed by atoms with Crippen molar-refractivity contribution >= 4 is 35.3 Å². The van der Waals surface area contributed by atoms with Gasteiger partial charge in [-0.2, -0.15) is 0 Å². The highest BCUT2D eigenvalue weighted by Crippen LogP contribution is 2.27. The van der Waals surface area contributed by atoms with Gasteiger partial charge < -0.3 is 5.32 Å². The van der Waals surface area contributed by atoms with Crippen molar-refractivity contribution in [1.29, 1.82) is 0 Å². The van der Waals surface area contributed by atoms with Gasteiger partial charge >= 0.3 is 0 Å². The zero-order chi connectivity index (χ0) is 15.2. The zero-order valence-electron chi connectivity index (χ0n) is 13.1. The molecule has 0 aliphatic carbocycles. The molecule has 6 heteroatoms. The number of halogens is 2. The van der Waals surface area contributed by atoms with Crippen LogP contribution in [0.25, 0.3) is 0 Å². The number of hydrogen-bond donors (Lipinski definition) is 1. The molecule has 1 aliphatic rings. The Kier molecular flexibility index (Phi) is 7.80. The molecule has 2 aromatic heterocycles. The predicted molar refractivity (Wildman–Crippen MR) is 101 cm³/mol. The molecule has 0 aromatic carbocycles. The largest absolute Gasteiger partial charge is 0.317 e. The smallest absolute Gasteiger partial charge is 0.0558 e. The number of hydrogen-bond acceptors (Lipinski definition) is 4. The molecule has 0 saturated carbocycles. The van der Waals surface area contributed by atoms with Crippen LogP contribution in [0.15, 0.2) is 35.8 Å². The highest BCUT2D eigenvalue weighted by Gasteiger charge is 2.22. The molecule has 1 aliphatic heterocycles. The van der Waals surface area contributed by atoms with Crippen molar-refractivity contribution in [1.82, 2.24) is 15.2 Å². The lowest BCUT2D eigenvalue weighted by Gasteiger charge is -2.30. The molecule has 3 heterocycles. The van der Waals surface area contributed by atoms with E-state index in [0.29, 0.717) is 6.04 Å². The summed E-state index contributed by atoms with van der Waals surface area (Å²) in [5.74, 6) is 0. The minimum absolute atomic E-state index is 0. The van der Waals surface area contributed by atoms with Gasteiger partial charge in [0.05, 0.1) is 10.7 Å². The van der Waals surface area contributed by atoms with E-state index < -0.39 is 0 Å². The molecular weight excluding hydrogens is 349 g/mol. The molecule has 23 heavy (non-hydrogen) atoms. The van der Waals surface area contributed by atoms with Crippen molar-refractivity contribution in [2.75, 3.05) is 13.1 Å². The summed E-state index contributed by atoms with van der Waals surface area (Å²) < 4.78 is 0. The predicted octanol–water partition coefficient (Wildman–Crippen LogP) is 4.36. The van der Waals surface area contributed by atoms with Crippen molar-refractivity contribution in [2.24, 2.45) is 0 Å². The minimum Gasteiger partial charge on any atom is -0.317 e. The molecule has 1 unspecified atom stereocenters. The maximum atomic E-state index is 6.31. The third-order valence-electron chi connectivity index (χ3n) is 4.19. The van der Waals surface area contributed by atoms with E-state index in [4.69, 9.17) is 11.6 Å². The van der Waals surface area contributed by atoms with Crippen molar-refractivity contribution in [2.45, 2.75) is 38.4 Å². The Labute approximate surface area is 153 Å². The van der Waals surface area contributed by atoms with Crippen LogP contribution >= 0.6 is 35.3 Å². The molecule has 2 aromatic rings. The fourth-order valence-corrected chi connectivity index (χ4v) is 4.12. The highest BCUT2D eigenvalue weighted by molar-refractivity contribution is 7.10. The van der Waals surface area contributed by atoms with Crippen LogP contribution in [0.2, 0.25) is 5.02 Å². The molecule has 0 bridgehead atoms. The molecule has 3 rings (SSSR count). The maximum absolute atomic E-state index is 6.31. The molecule has 1 fully saturated rings. The number of aromatic nitrogens is 1. The fraction of sp³-hybridized carbons (Fsp3) is 0.471. The quantitative estimate of drug-likeness (QED) is 0.845. The van der Waals surface area contributed by atoms with Crippen molar-refractivity contribution < 1.29 is 0 Å². The standard InChI is InChI=1S/C17H22ClN3S.ClH/c18-16-7-11-22-17(16)13-21(12-14-4-1-2-9-20-14)15-5-3-8-19-10-6-15;/h1-2,4,7,9,11,15,19H,3,5-6,8,10,12-13H2;1H. The average Bonchev–Trinajstić information content (AvgIpc) is 2.79. The van der Waals surface area contributed by atoms with Gasteiger partial charge in [0.1, 0.15) is 0 Å². The minimum atomic E-state index is 0. The second kappa shape index (κ2) is 9.60. The molecule has 1 saturated heterocycles. The van der Waals surface area contributed by atoms with E-state index in [1.807, 2.05) is 18.3 Å². The Bertz CT molecular complexity index is 568. The fourth-order valence-electron chi connectivity index (χ4n) is 3.00. The van der Waals surface area contributed by atoms with E-state index in [1.54, 1.807) is 11.3 Å². The summed E-state index contributed by atoms with van der Waals surface area (Å²) in [6.07, 6.45) is 5.54. The van der Waals surface area contributed by atoms with Gasteiger partial charge in [0.25, 0.3) is 0 Å². The van der Waals surface area contributed by atoms with Crippen molar-refractivity contribution in [3.63, 3.8) is 0 Å². The summed E-state index contributed by atoms with van der Waals surface area (Å²) in [5.41, 5.74) is 1.13. The lowest BCUT2D eigenvalue weighted by molar-refractivity contribution is 0.164. The van der Waals surface area contributed by atoms with Crippen LogP contribution < -0.4 is 5.32 Å². The molecule has 0 amide bonds. The summed E-state index contributed by atoms with van der Waals surface area (Å²) in [7, 11) is 0. The van der Waals surface area contributed by atoms with Gasteiger partial charge in [-0.1, -0.05) is 17.7 Å². The number of thiophene rings is 1. The maximum Gasteiger partial charge on any atom is 0.0558 e.